The maximum Gasteiger partial charge on any atom is 0.329 e. The first-order valence-electron chi connectivity index (χ1n) is 6.61. The van der Waals surface area contributed by atoms with Crippen molar-refractivity contribution in [3.8, 4) is 5.75 Å². The van der Waals surface area contributed by atoms with Crippen LogP contribution in [-0.2, 0) is 9.59 Å². The molecule has 110 valence electrons. The normalized spacial score (nSPS) is 13.3. The topological polar surface area (TPSA) is 75.6 Å². The molecule has 1 atom stereocenters. The third-order valence-electron chi connectivity index (χ3n) is 3.21. The molecule has 0 aromatic heterocycles. The summed E-state index contributed by atoms with van der Waals surface area (Å²) in [6.45, 7) is 5.41. The number of carboxylic acid groups (broad SMARTS) is 1. The third kappa shape index (κ3) is 4.57. The Morgan fingerprint density at radius 2 is 1.90 bits per heavy atom. The van der Waals surface area contributed by atoms with Gasteiger partial charge < -0.3 is 15.2 Å². The number of benzene rings is 1. The third-order valence-corrected chi connectivity index (χ3v) is 3.21. The lowest BCUT2D eigenvalue weighted by Crippen LogP contribution is -2.51. The molecule has 0 aliphatic rings. The van der Waals surface area contributed by atoms with Crippen LogP contribution in [-0.4, -0.2) is 29.1 Å². The first-order valence-corrected chi connectivity index (χ1v) is 6.61. The van der Waals surface area contributed by atoms with E-state index in [1.807, 2.05) is 31.2 Å². The van der Waals surface area contributed by atoms with Gasteiger partial charge in [-0.25, -0.2) is 4.79 Å². The molecule has 0 aliphatic heterocycles. The Balaban J connectivity index is 2.40. The van der Waals surface area contributed by atoms with E-state index in [4.69, 9.17) is 9.84 Å². The summed E-state index contributed by atoms with van der Waals surface area (Å²) >= 11 is 0. The van der Waals surface area contributed by atoms with E-state index in [1.54, 1.807) is 6.92 Å². The van der Waals surface area contributed by atoms with Crippen LogP contribution >= 0.6 is 0 Å². The zero-order valence-corrected chi connectivity index (χ0v) is 12.1. The molecule has 0 saturated carbocycles. The smallest absolute Gasteiger partial charge is 0.329 e. The number of rotatable bonds is 7. The number of carbonyl (C=O) groups is 2. The van der Waals surface area contributed by atoms with Crippen LogP contribution < -0.4 is 10.1 Å². The first-order chi connectivity index (χ1) is 9.37. The molecule has 0 bridgehead atoms. The fraction of sp³-hybridized carbons (Fsp3) is 0.467. The Morgan fingerprint density at radius 1 is 1.30 bits per heavy atom. The van der Waals surface area contributed by atoms with Gasteiger partial charge in [-0.05, 0) is 32.4 Å². The number of aliphatic carboxylic acids is 1. The summed E-state index contributed by atoms with van der Waals surface area (Å²) in [6, 6.07) is 7.52. The molecular weight excluding hydrogens is 258 g/mol. The van der Waals surface area contributed by atoms with Gasteiger partial charge in [0.25, 0.3) is 0 Å². The largest absolute Gasteiger partial charge is 0.493 e. The van der Waals surface area contributed by atoms with Crippen molar-refractivity contribution < 1.29 is 19.4 Å². The molecule has 1 unspecified atom stereocenters. The summed E-state index contributed by atoms with van der Waals surface area (Å²) < 4.78 is 5.43. The maximum absolute atomic E-state index is 11.7. The summed E-state index contributed by atoms with van der Waals surface area (Å²) in [5.41, 5.74) is -0.0868. The molecule has 1 rings (SSSR count). The number of ether oxygens (including phenoxy) is 1. The molecule has 0 spiro atoms. The van der Waals surface area contributed by atoms with Crippen molar-refractivity contribution >= 4 is 11.9 Å². The van der Waals surface area contributed by atoms with E-state index in [1.165, 1.54) is 6.92 Å². The second-order valence-corrected chi connectivity index (χ2v) is 4.95. The predicted octanol–water partition coefficient (Wildman–Crippen LogP) is 2.13. The van der Waals surface area contributed by atoms with Gasteiger partial charge in [0.05, 0.1) is 13.0 Å². The highest BCUT2D eigenvalue weighted by atomic mass is 16.5. The van der Waals surface area contributed by atoms with Crippen LogP contribution in [0.2, 0.25) is 0 Å². The summed E-state index contributed by atoms with van der Waals surface area (Å²) in [4.78, 5) is 22.8. The van der Waals surface area contributed by atoms with Gasteiger partial charge >= 0.3 is 5.97 Å². The van der Waals surface area contributed by atoms with Gasteiger partial charge in [-0.15, -0.1) is 0 Å². The Bertz CT molecular complexity index is 469. The molecule has 5 nitrogen and oxygen atoms in total. The van der Waals surface area contributed by atoms with E-state index in [-0.39, 0.29) is 18.9 Å². The highest BCUT2D eigenvalue weighted by Crippen LogP contribution is 2.12. The molecule has 0 saturated heterocycles. The van der Waals surface area contributed by atoms with Crippen molar-refractivity contribution in [2.24, 2.45) is 0 Å². The van der Waals surface area contributed by atoms with Crippen molar-refractivity contribution in [3.05, 3.63) is 29.8 Å². The Kier molecular flexibility index (Phi) is 5.55. The van der Waals surface area contributed by atoms with Gasteiger partial charge in [-0.1, -0.05) is 24.6 Å². The quantitative estimate of drug-likeness (QED) is 0.801. The fourth-order valence-electron chi connectivity index (χ4n) is 1.56. The summed E-state index contributed by atoms with van der Waals surface area (Å²) in [7, 11) is 0. The van der Waals surface area contributed by atoms with E-state index in [2.05, 4.69) is 5.32 Å². The monoisotopic (exact) mass is 279 g/mol. The fourth-order valence-corrected chi connectivity index (χ4v) is 1.56. The highest BCUT2D eigenvalue weighted by Gasteiger charge is 2.32. The zero-order chi connectivity index (χ0) is 15.2. The maximum atomic E-state index is 11.7. The van der Waals surface area contributed by atoms with Crippen LogP contribution in [0.4, 0.5) is 0 Å². The Morgan fingerprint density at radius 3 is 2.40 bits per heavy atom. The summed E-state index contributed by atoms with van der Waals surface area (Å²) in [5, 5.41) is 11.6. The first kappa shape index (κ1) is 16.0. The molecule has 1 aromatic rings. The summed E-state index contributed by atoms with van der Waals surface area (Å²) in [6.07, 6.45) is 0.448. The zero-order valence-electron chi connectivity index (χ0n) is 12.1. The lowest BCUT2D eigenvalue weighted by molar-refractivity contribution is -0.147. The van der Waals surface area contributed by atoms with Gasteiger partial charge in [-0.2, -0.15) is 0 Å². The highest BCUT2D eigenvalue weighted by molar-refractivity contribution is 5.86. The molecule has 1 aromatic carbocycles. The van der Waals surface area contributed by atoms with Crippen LogP contribution in [0.15, 0.2) is 24.3 Å². The van der Waals surface area contributed by atoms with E-state index in [9.17, 15) is 9.59 Å². The number of nitrogens with one attached hydrogen (secondary N) is 1. The second kappa shape index (κ2) is 6.93. The Hall–Kier alpha value is -2.04. The minimum absolute atomic E-state index is 0.122. The lowest BCUT2D eigenvalue weighted by atomic mass is 9.99. The van der Waals surface area contributed by atoms with E-state index < -0.39 is 11.5 Å². The number of aryl methyl sites for hydroxylation is 1. The van der Waals surface area contributed by atoms with E-state index in [0.29, 0.717) is 12.2 Å². The number of hydrogen-bond donors (Lipinski definition) is 2. The number of carbonyl (C=O) groups excluding carboxylic acids is 1. The van der Waals surface area contributed by atoms with E-state index in [0.717, 1.165) is 5.56 Å². The van der Waals surface area contributed by atoms with Crippen molar-refractivity contribution in [1.82, 2.24) is 5.32 Å². The number of carboxylic acids is 1. The SMILES string of the molecule is CCC(C)(NC(=O)CCOc1ccc(C)cc1)C(=O)O. The van der Waals surface area contributed by atoms with Crippen molar-refractivity contribution in [3.63, 3.8) is 0 Å². The van der Waals surface area contributed by atoms with Crippen LogP contribution in [0.25, 0.3) is 0 Å². The molecule has 0 aliphatic carbocycles. The van der Waals surface area contributed by atoms with Crippen LogP contribution in [0.5, 0.6) is 5.75 Å². The van der Waals surface area contributed by atoms with E-state index >= 15 is 0 Å². The molecule has 2 N–H and O–H groups in total. The van der Waals surface area contributed by atoms with Crippen molar-refractivity contribution in [2.75, 3.05) is 6.61 Å². The Labute approximate surface area is 118 Å². The van der Waals surface area contributed by atoms with Crippen molar-refractivity contribution in [2.45, 2.75) is 39.2 Å². The van der Waals surface area contributed by atoms with Gasteiger partial charge in [0.1, 0.15) is 11.3 Å². The second-order valence-electron chi connectivity index (χ2n) is 4.95. The standard InChI is InChI=1S/C15H21NO4/c1-4-15(3,14(18)19)16-13(17)9-10-20-12-7-5-11(2)6-8-12/h5-8H,4,9-10H2,1-3H3,(H,16,17)(H,18,19). The average molecular weight is 279 g/mol. The predicted molar refractivity (Wildman–Crippen MR) is 75.8 cm³/mol. The lowest BCUT2D eigenvalue weighted by Gasteiger charge is -2.24. The minimum atomic E-state index is -1.22. The van der Waals surface area contributed by atoms with Crippen LogP contribution in [0.3, 0.4) is 0 Å². The summed E-state index contributed by atoms with van der Waals surface area (Å²) in [5.74, 6) is -0.670. The number of amides is 1. The van der Waals surface area contributed by atoms with Crippen molar-refractivity contribution in [1.29, 1.82) is 0 Å². The van der Waals surface area contributed by atoms with Gasteiger partial charge in [0.2, 0.25) is 5.91 Å². The molecule has 0 fully saturated rings. The average Bonchev–Trinajstić information content (AvgIpc) is 2.40. The minimum Gasteiger partial charge on any atom is -0.493 e. The molecule has 5 heteroatoms. The molecule has 20 heavy (non-hydrogen) atoms. The van der Waals surface area contributed by atoms with Gasteiger partial charge in [0, 0.05) is 0 Å². The van der Waals surface area contributed by atoms with Gasteiger partial charge in [0.15, 0.2) is 0 Å². The molecular formula is C15H21NO4. The van der Waals surface area contributed by atoms with Crippen LogP contribution in [0, 0.1) is 6.92 Å². The van der Waals surface area contributed by atoms with Crippen LogP contribution in [0.1, 0.15) is 32.3 Å². The molecule has 0 radical (unpaired) electrons. The molecule has 0 heterocycles. The molecule has 1 amide bonds. The number of hydrogen-bond acceptors (Lipinski definition) is 3. The van der Waals surface area contributed by atoms with Gasteiger partial charge in [-0.3, -0.25) is 4.79 Å².